The zero-order valence-electron chi connectivity index (χ0n) is 6.90. The molecular formula is C8H9NO2S. The Morgan fingerprint density at radius 1 is 1.58 bits per heavy atom. The second kappa shape index (κ2) is 3.49. The van der Waals surface area contributed by atoms with Crippen molar-refractivity contribution in [1.82, 2.24) is 0 Å². The fraction of sp³-hybridized carbons (Fsp3) is 0.250. The van der Waals surface area contributed by atoms with E-state index in [1.165, 1.54) is 11.0 Å². The van der Waals surface area contributed by atoms with E-state index in [-0.39, 0.29) is 0 Å². The van der Waals surface area contributed by atoms with E-state index < -0.39 is 4.92 Å². The van der Waals surface area contributed by atoms with E-state index in [4.69, 9.17) is 0 Å². The lowest BCUT2D eigenvalue weighted by Crippen LogP contribution is -1.81. The summed E-state index contributed by atoms with van der Waals surface area (Å²) in [5, 5.41) is 10.0. The second-order valence-corrected chi connectivity index (χ2v) is 3.93. The maximum absolute atomic E-state index is 10.0. The number of hydrogen-bond donors (Lipinski definition) is 0. The summed E-state index contributed by atoms with van der Waals surface area (Å²) in [7, 11) is 0. The molecule has 0 N–H and O–H groups in total. The summed E-state index contributed by atoms with van der Waals surface area (Å²) in [5.74, 6) is 0. The molecule has 1 aromatic heterocycles. The highest BCUT2D eigenvalue weighted by Gasteiger charge is 1.99. The van der Waals surface area contributed by atoms with Gasteiger partial charge in [0.2, 0.25) is 6.20 Å². The van der Waals surface area contributed by atoms with Crippen molar-refractivity contribution < 1.29 is 4.92 Å². The number of hydrogen-bond acceptors (Lipinski definition) is 3. The topological polar surface area (TPSA) is 43.1 Å². The van der Waals surface area contributed by atoms with Crippen molar-refractivity contribution in [1.29, 1.82) is 0 Å². The van der Waals surface area contributed by atoms with Gasteiger partial charge < -0.3 is 0 Å². The van der Waals surface area contributed by atoms with Crippen molar-refractivity contribution in [2.45, 2.75) is 13.8 Å². The summed E-state index contributed by atoms with van der Waals surface area (Å²) >= 11 is 1.65. The first-order valence-corrected chi connectivity index (χ1v) is 4.30. The van der Waals surface area contributed by atoms with Crippen LogP contribution in [0.5, 0.6) is 0 Å². The van der Waals surface area contributed by atoms with Crippen LogP contribution in [0.2, 0.25) is 0 Å². The molecule has 0 radical (unpaired) electrons. The molecule has 0 aliphatic rings. The minimum atomic E-state index is -0.452. The molecule has 0 amide bonds. The average Bonchev–Trinajstić information content (AvgIpc) is 2.26. The Bertz CT molecular complexity index is 328. The van der Waals surface area contributed by atoms with E-state index in [1.807, 2.05) is 19.9 Å². The highest BCUT2D eigenvalue weighted by Crippen LogP contribution is 2.21. The highest BCUT2D eigenvalue weighted by atomic mass is 32.1. The third-order valence-electron chi connectivity index (χ3n) is 1.46. The lowest BCUT2D eigenvalue weighted by atomic mass is 10.2. The molecule has 0 aliphatic carbocycles. The van der Waals surface area contributed by atoms with Crippen LogP contribution < -0.4 is 0 Å². The molecule has 0 spiro atoms. The van der Waals surface area contributed by atoms with Crippen LogP contribution >= 0.6 is 11.3 Å². The van der Waals surface area contributed by atoms with E-state index in [1.54, 1.807) is 11.3 Å². The maximum Gasteiger partial charge on any atom is 0.235 e. The molecule has 0 atom stereocenters. The molecule has 0 saturated heterocycles. The number of aryl methyl sites for hydroxylation is 2. The van der Waals surface area contributed by atoms with Crippen LogP contribution in [0.4, 0.5) is 0 Å². The molecule has 1 rings (SSSR count). The molecule has 0 fully saturated rings. The maximum atomic E-state index is 10.0. The zero-order chi connectivity index (χ0) is 9.14. The van der Waals surface area contributed by atoms with Gasteiger partial charge in [0, 0.05) is 15.8 Å². The summed E-state index contributed by atoms with van der Waals surface area (Å²) in [6, 6.07) is 1.94. The fourth-order valence-corrected chi connectivity index (χ4v) is 1.87. The molecule has 1 heterocycles. The lowest BCUT2D eigenvalue weighted by Gasteiger charge is -1.84. The summed E-state index contributed by atoms with van der Waals surface area (Å²) in [6.07, 6.45) is 2.49. The number of nitro groups is 1. The molecule has 4 heteroatoms. The molecule has 12 heavy (non-hydrogen) atoms. The van der Waals surface area contributed by atoms with Gasteiger partial charge in [0.25, 0.3) is 0 Å². The van der Waals surface area contributed by atoms with E-state index in [9.17, 15) is 10.1 Å². The predicted molar refractivity (Wildman–Crippen MR) is 49.8 cm³/mol. The van der Waals surface area contributed by atoms with Crippen LogP contribution in [-0.4, -0.2) is 4.92 Å². The first-order chi connectivity index (χ1) is 5.59. The minimum absolute atomic E-state index is 0.452. The van der Waals surface area contributed by atoms with Crippen LogP contribution in [0.15, 0.2) is 12.3 Å². The summed E-state index contributed by atoms with van der Waals surface area (Å²) in [4.78, 5) is 11.9. The zero-order valence-corrected chi connectivity index (χ0v) is 7.72. The van der Waals surface area contributed by atoms with Gasteiger partial charge >= 0.3 is 0 Å². The van der Waals surface area contributed by atoms with Crippen LogP contribution in [0, 0.1) is 24.0 Å². The molecule has 3 nitrogen and oxygen atoms in total. The van der Waals surface area contributed by atoms with Gasteiger partial charge in [-0.3, -0.25) is 10.1 Å². The third kappa shape index (κ3) is 2.17. The van der Waals surface area contributed by atoms with Crippen LogP contribution in [0.1, 0.15) is 15.3 Å². The van der Waals surface area contributed by atoms with Crippen LogP contribution in [0.3, 0.4) is 0 Å². The van der Waals surface area contributed by atoms with Crippen molar-refractivity contribution in [3.05, 3.63) is 37.7 Å². The Hall–Kier alpha value is -1.16. The van der Waals surface area contributed by atoms with Gasteiger partial charge in [0.1, 0.15) is 0 Å². The quantitative estimate of drug-likeness (QED) is 0.522. The van der Waals surface area contributed by atoms with Crippen molar-refractivity contribution in [2.75, 3.05) is 0 Å². The summed E-state index contributed by atoms with van der Waals surface area (Å²) in [5.41, 5.74) is 0.939. The molecule has 1 aromatic rings. The Balaban J connectivity index is 2.89. The Morgan fingerprint density at radius 2 is 2.25 bits per heavy atom. The van der Waals surface area contributed by atoms with Gasteiger partial charge in [-0.1, -0.05) is 0 Å². The Morgan fingerprint density at radius 3 is 2.67 bits per heavy atom. The van der Waals surface area contributed by atoms with E-state index in [0.717, 1.165) is 16.6 Å². The van der Waals surface area contributed by atoms with Gasteiger partial charge in [-0.15, -0.1) is 11.3 Å². The van der Waals surface area contributed by atoms with Gasteiger partial charge in [0.05, 0.1) is 4.92 Å². The molecule has 0 unspecified atom stereocenters. The fourth-order valence-electron chi connectivity index (χ4n) is 0.957. The molecule has 0 bridgehead atoms. The molecule has 64 valence electrons. The van der Waals surface area contributed by atoms with Crippen molar-refractivity contribution in [3.63, 3.8) is 0 Å². The van der Waals surface area contributed by atoms with E-state index in [0.29, 0.717) is 0 Å². The van der Waals surface area contributed by atoms with Gasteiger partial charge in [-0.2, -0.15) is 0 Å². The second-order valence-electron chi connectivity index (χ2n) is 2.47. The minimum Gasteiger partial charge on any atom is -0.259 e. The first-order valence-electron chi connectivity index (χ1n) is 3.48. The van der Waals surface area contributed by atoms with Crippen molar-refractivity contribution in [2.24, 2.45) is 0 Å². The average molecular weight is 183 g/mol. The Labute approximate surface area is 74.5 Å². The first kappa shape index (κ1) is 8.93. The van der Waals surface area contributed by atoms with Crippen molar-refractivity contribution >= 4 is 17.4 Å². The molecule has 0 saturated carbocycles. The van der Waals surface area contributed by atoms with Crippen LogP contribution in [0.25, 0.3) is 6.08 Å². The van der Waals surface area contributed by atoms with Gasteiger partial charge in [0.15, 0.2) is 0 Å². The highest BCUT2D eigenvalue weighted by molar-refractivity contribution is 7.12. The monoisotopic (exact) mass is 183 g/mol. The van der Waals surface area contributed by atoms with E-state index in [2.05, 4.69) is 0 Å². The normalized spacial score (nSPS) is 10.8. The van der Waals surface area contributed by atoms with Crippen LogP contribution in [-0.2, 0) is 0 Å². The molecular weight excluding hydrogens is 174 g/mol. The van der Waals surface area contributed by atoms with Gasteiger partial charge in [-0.25, -0.2) is 0 Å². The lowest BCUT2D eigenvalue weighted by molar-refractivity contribution is -0.400. The molecule has 0 aliphatic heterocycles. The molecule has 0 aromatic carbocycles. The van der Waals surface area contributed by atoms with E-state index >= 15 is 0 Å². The largest absolute Gasteiger partial charge is 0.259 e. The SMILES string of the molecule is Cc1cc(/C=C/[N+](=O)[O-])c(C)s1. The summed E-state index contributed by atoms with van der Waals surface area (Å²) in [6.45, 7) is 3.94. The van der Waals surface area contributed by atoms with Gasteiger partial charge in [-0.05, 0) is 25.5 Å². The Kier molecular flexibility index (Phi) is 2.60. The standard InChI is InChI=1S/C8H9NO2S/c1-6-5-8(7(2)12-6)3-4-9(10)11/h3-5H,1-2H3/b4-3+. The summed E-state index contributed by atoms with van der Waals surface area (Å²) < 4.78 is 0. The number of rotatable bonds is 2. The van der Waals surface area contributed by atoms with Crippen molar-refractivity contribution in [3.8, 4) is 0 Å². The third-order valence-corrected chi connectivity index (χ3v) is 2.44. The smallest absolute Gasteiger partial charge is 0.235 e. The predicted octanol–water partition coefficient (Wildman–Crippen LogP) is 2.61. The number of thiophene rings is 1. The number of nitrogens with zero attached hydrogens (tertiary/aromatic N) is 1.